The minimum absolute atomic E-state index is 0.236. The maximum Gasteiger partial charge on any atom is 0.250 e. The molecule has 0 aromatic heterocycles. The summed E-state index contributed by atoms with van der Waals surface area (Å²) in [6.45, 7) is 0.438. The lowest BCUT2D eigenvalue weighted by atomic mass is 10.3. The van der Waals surface area contributed by atoms with Gasteiger partial charge in [0.1, 0.15) is 6.10 Å². The zero-order valence-electron chi connectivity index (χ0n) is 3.79. The van der Waals surface area contributed by atoms with Gasteiger partial charge in [-0.25, -0.2) is 0 Å². The molecule has 0 aromatic rings. The van der Waals surface area contributed by atoms with Crippen LogP contribution in [0.15, 0.2) is 0 Å². The van der Waals surface area contributed by atoms with Gasteiger partial charge in [-0.05, 0) is 0 Å². The van der Waals surface area contributed by atoms with E-state index in [-0.39, 0.29) is 6.29 Å². The summed E-state index contributed by atoms with van der Waals surface area (Å²) in [5.74, 6) is 0. The Hall–Kier alpha value is -0.120. The second kappa shape index (κ2) is 1.78. The molecule has 0 aromatic carbocycles. The minimum Gasteiger partial charge on any atom is -0.387 e. The molecule has 1 saturated heterocycles. The van der Waals surface area contributed by atoms with Gasteiger partial charge in [0.2, 0.25) is 0 Å². The van der Waals surface area contributed by atoms with Crippen LogP contribution in [-0.4, -0.2) is 22.9 Å². The van der Waals surface area contributed by atoms with Gasteiger partial charge in [0.05, 0.1) is 6.61 Å². The molecule has 0 amide bonds. The van der Waals surface area contributed by atoms with Crippen molar-refractivity contribution in [3.05, 3.63) is 6.29 Å². The van der Waals surface area contributed by atoms with Crippen molar-refractivity contribution >= 4 is 0 Å². The third-order valence-corrected chi connectivity index (χ3v) is 0.926. The molecule has 41 valence electrons. The first-order valence-corrected chi connectivity index (χ1v) is 2.17. The average Bonchev–Trinajstić information content (AvgIpc) is 1.91. The number of aliphatic hydroxyl groups is 2. The predicted molar refractivity (Wildman–Crippen MR) is 21.8 cm³/mol. The van der Waals surface area contributed by atoms with Crippen molar-refractivity contribution in [3.63, 3.8) is 0 Å². The molecule has 1 atom stereocenters. The lowest BCUT2D eigenvalue weighted by Crippen LogP contribution is -2.09. The Morgan fingerprint density at radius 3 is 2.57 bits per heavy atom. The third kappa shape index (κ3) is 0.907. The molecule has 2 N–H and O–H groups in total. The number of hydrogen-bond donors (Lipinski definition) is 2. The summed E-state index contributed by atoms with van der Waals surface area (Å²) in [7, 11) is 0. The van der Waals surface area contributed by atoms with E-state index in [1.165, 1.54) is 0 Å². The van der Waals surface area contributed by atoms with Gasteiger partial charge >= 0.3 is 0 Å². The Morgan fingerprint density at radius 2 is 2.43 bits per heavy atom. The van der Waals surface area contributed by atoms with Crippen LogP contribution in [0.3, 0.4) is 0 Å². The Bertz CT molecular complexity index is 56.0. The number of hydrogen-bond acceptors (Lipinski definition) is 3. The van der Waals surface area contributed by atoms with Gasteiger partial charge in [-0.15, -0.1) is 0 Å². The van der Waals surface area contributed by atoms with E-state index in [0.29, 0.717) is 13.0 Å². The lowest BCUT2D eigenvalue weighted by Gasteiger charge is -1.99. The molecular weight excluding hydrogens is 96.0 g/mol. The molecule has 7 heavy (non-hydrogen) atoms. The number of aliphatic hydroxyl groups excluding tert-OH is 2. The Labute approximate surface area is 41.5 Å². The van der Waals surface area contributed by atoms with E-state index < -0.39 is 6.10 Å². The molecule has 1 radical (unpaired) electrons. The molecular formula is C4H7O3. The molecule has 3 nitrogen and oxygen atoms in total. The van der Waals surface area contributed by atoms with Gasteiger partial charge in [-0.2, -0.15) is 0 Å². The van der Waals surface area contributed by atoms with Crippen molar-refractivity contribution in [1.29, 1.82) is 0 Å². The maximum atomic E-state index is 8.59. The highest BCUT2D eigenvalue weighted by atomic mass is 16.6. The first-order chi connectivity index (χ1) is 3.30. The van der Waals surface area contributed by atoms with E-state index in [1.807, 2.05) is 0 Å². The molecule has 0 spiro atoms. The summed E-state index contributed by atoms with van der Waals surface area (Å²) in [6, 6.07) is 0. The van der Waals surface area contributed by atoms with Gasteiger partial charge < -0.3 is 14.9 Å². The Morgan fingerprint density at radius 1 is 1.71 bits per heavy atom. The zero-order valence-corrected chi connectivity index (χ0v) is 3.79. The summed E-state index contributed by atoms with van der Waals surface area (Å²) in [4.78, 5) is 0. The minimum atomic E-state index is -0.736. The van der Waals surface area contributed by atoms with Crippen LogP contribution >= 0.6 is 0 Å². The second-order valence-electron chi connectivity index (χ2n) is 1.49. The molecule has 3 heteroatoms. The largest absolute Gasteiger partial charge is 0.387 e. The van der Waals surface area contributed by atoms with E-state index in [2.05, 4.69) is 4.74 Å². The molecule has 0 bridgehead atoms. The molecule has 1 aliphatic rings. The maximum absolute atomic E-state index is 8.59. The van der Waals surface area contributed by atoms with Gasteiger partial charge in [0.15, 0.2) is 0 Å². The van der Waals surface area contributed by atoms with E-state index in [4.69, 9.17) is 10.2 Å². The van der Waals surface area contributed by atoms with Gasteiger partial charge in [-0.3, -0.25) is 0 Å². The van der Waals surface area contributed by atoms with Crippen LogP contribution in [0.4, 0.5) is 0 Å². The fourth-order valence-electron chi connectivity index (χ4n) is 0.495. The van der Waals surface area contributed by atoms with Crippen molar-refractivity contribution in [3.8, 4) is 0 Å². The topological polar surface area (TPSA) is 49.7 Å². The average molecular weight is 103 g/mol. The fourth-order valence-corrected chi connectivity index (χ4v) is 0.495. The standard InChI is InChI=1S/C4H7O3/c5-3-1-2-7-4(3)6/h3,5-6H,1-2H2. The number of ether oxygens (including phenoxy) is 1. The molecule has 0 saturated carbocycles. The molecule has 1 fully saturated rings. The normalized spacial score (nSPS) is 34.3. The lowest BCUT2D eigenvalue weighted by molar-refractivity contribution is -0.00528. The van der Waals surface area contributed by atoms with E-state index in [1.54, 1.807) is 0 Å². The SMILES string of the molecule is O[C]1OCCC1O. The van der Waals surface area contributed by atoms with Crippen LogP contribution in [0.1, 0.15) is 6.42 Å². The molecule has 1 rings (SSSR count). The summed E-state index contributed by atoms with van der Waals surface area (Å²) in [6.07, 6.45) is -0.453. The third-order valence-electron chi connectivity index (χ3n) is 0.926. The van der Waals surface area contributed by atoms with Crippen LogP contribution in [0.5, 0.6) is 0 Å². The summed E-state index contributed by atoms with van der Waals surface area (Å²) < 4.78 is 4.49. The van der Waals surface area contributed by atoms with Crippen LogP contribution in [0, 0.1) is 6.29 Å². The van der Waals surface area contributed by atoms with E-state index >= 15 is 0 Å². The smallest absolute Gasteiger partial charge is 0.250 e. The first-order valence-electron chi connectivity index (χ1n) is 2.17. The van der Waals surface area contributed by atoms with Gasteiger partial charge in [0, 0.05) is 6.42 Å². The quantitative estimate of drug-likeness (QED) is 0.439. The molecule has 1 unspecified atom stereocenters. The molecule has 0 aliphatic carbocycles. The second-order valence-corrected chi connectivity index (χ2v) is 1.49. The van der Waals surface area contributed by atoms with Crippen molar-refractivity contribution in [1.82, 2.24) is 0 Å². The van der Waals surface area contributed by atoms with Crippen molar-refractivity contribution in [2.75, 3.05) is 6.61 Å². The van der Waals surface area contributed by atoms with Crippen molar-refractivity contribution < 1.29 is 14.9 Å². The van der Waals surface area contributed by atoms with E-state index in [9.17, 15) is 0 Å². The van der Waals surface area contributed by atoms with Crippen molar-refractivity contribution in [2.24, 2.45) is 0 Å². The van der Waals surface area contributed by atoms with Crippen molar-refractivity contribution in [2.45, 2.75) is 12.5 Å². The van der Waals surface area contributed by atoms with E-state index in [0.717, 1.165) is 0 Å². The molecule has 1 heterocycles. The zero-order chi connectivity index (χ0) is 5.28. The van der Waals surface area contributed by atoms with Crippen LogP contribution in [-0.2, 0) is 4.74 Å². The Kier molecular flexibility index (Phi) is 1.27. The monoisotopic (exact) mass is 103 g/mol. The van der Waals surface area contributed by atoms with Crippen LogP contribution in [0.25, 0.3) is 0 Å². The summed E-state index contributed by atoms with van der Waals surface area (Å²) in [5, 5.41) is 17.0. The van der Waals surface area contributed by atoms with Crippen LogP contribution in [0.2, 0.25) is 0 Å². The highest BCUT2D eigenvalue weighted by Crippen LogP contribution is 2.15. The first kappa shape index (κ1) is 5.03. The predicted octanol–water partition coefficient (Wildman–Crippen LogP) is -0.370. The van der Waals surface area contributed by atoms with Gasteiger partial charge in [-0.1, -0.05) is 0 Å². The molecule has 1 aliphatic heterocycles. The van der Waals surface area contributed by atoms with Gasteiger partial charge in [0.25, 0.3) is 6.29 Å². The Balaban J connectivity index is 2.33. The number of rotatable bonds is 0. The summed E-state index contributed by atoms with van der Waals surface area (Å²) in [5.41, 5.74) is 0. The highest BCUT2D eigenvalue weighted by Gasteiger charge is 2.24. The summed E-state index contributed by atoms with van der Waals surface area (Å²) >= 11 is 0. The van der Waals surface area contributed by atoms with Crippen LogP contribution < -0.4 is 0 Å². The highest BCUT2D eigenvalue weighted by molar-refractivity contribution is 4.79. The fraction of sp³-hybridized carbons (Fsp3) is 0.750.